The predicted molar refractivity (Wildman–Crippen MR) is 112 cm³/mol. The summed E-state index contributed by atoms with van der Waals surface area (Å²) in [5.74, 6) is -1.99. The lowest BCUT2D eigenvalue weighted by molar-refractivity contribution is -0.159. The third kappa shape index (κ3) is 5.43. The molecule has 0 bridgehead atoms. The van der Waals surface area contributed by atoms with Crippen LogP contribution in [0.1, 0.15) is 16.2 Å². The molecular weight excluding hydrogens is 473 g/mol. The van der Waals surface area contributed by atoms with Crippen LogP contribution in [0, 0.1) is 0 Å². The van der Waals surface area contributed by atoms with Crippen LogP contribution in [-0.2, 0) is 6.18 Å². The van der Waals surface area contributed by atoms with E-state index in [1.54, 1.807) is 0 Å². The molecule has 14 heteroatoms. The molecule has 180 valence electrons. The van der Waals surface area contributed by atoms with Crippen molar-refractivity contribution in [2.45, 2.75) is 6.18 Å². The van der Waals surface area contributed by atoms with Gasteiger partial charge in [0, 0.05) is 17.4 Å². The molecule has 0 aliphatic rings. The van der Waals surface area contributed by atoms with Gasteiger partial charge in [0.15, 0.2) is 0 Å². The molecular formula is C21H15F3N6O5. The number of amides is 1. The first-order valence-electron chi connectivity index (χ1n) is 9.69. The van der Waals surface area contributed by atoms with Gasteiger partial charge in [0.1, 0.15) is 5.56 Å². The van der Waals surface area contributed by atoms with Gasteiger partial charge in [0.2, 0.25) is 23.5 Å². The van der Waals surface area contributed by atoms with Crippen molar-refractivity contribution < 1.29 is 36.7 Å². The summed E-state index contributed by atoms with van der Waals surface area (Å²) in [6.07, 6.45) is -3.33. The monoisotopic (exact) mass is 488 g/mol. The normalized spacial score (nSPS) is 11.1. The van der Waals surface area contributed by atoms with Gasteiger partial charge in [-0.2, -0.15) is 28.1 Å². The molecule has 11 nitrogen and oxygen atoms in total. The van der Waals surface area contributed by atoms with E-state index in [4.69, 9.17) is 14.2 Å². The average Bonchev–Trinajstić information content (AvgIpc) is 3.36. The van der Waals surface area contributed by atoms with E-state index in [0.717, 1.165) is 0 Å². The van der Waals surface area contributed by atoms with Crippen LogP contribution >= 0.6 is 0 Å². The number of methoxy groups -OCH3 is 2. The zero-order chi connectivity index (χ0) is 25.0. The summed E-state index contributed by atoms with van der Waals surface area (Å²) in [4.78, 5) is 28.3. The summed E-state index contributed by atoms with van der Waals surface area (Å²) in [5.41, 5.74) is 0.666. The Morgan fingerprint density at radius 3 is 2.29 bits per heavy atom. The van der Waals surface area contributed by atoms with E-state index >= 15 is 0 Å². The van der Waals surface area contributed by atoms with Crippen molar-refractivity contribution in [1.82, 2.24) is 25.1 Å². The predicted octanol–water partition coefficient (Wildman–Crippen LogP) is 4.00. The number of aromatic nitrogens is 5. The van der Waals surface area contributed by atoms with Crippen molar-refractivity contribution in [2.75, 3.05) is 19.5 Å². The molecule has 0 spiro atoms. The second-order valence-electron chi connectivity index (χ2n) is 6.65. The average molecular weight is 488 g/mol. The molecule has 0 aliphatic heterocycles. The van der Waals surface area contributed by atoms with E-state index < -0.39 is 18.0 Å². The van der Waals surface area contributed by atoms with Crippen LogP contribution in [0.3, 0.4) is 0 Å². The molecule has 35 heavy (non-hydrogen) atoms. The summed E-state index contributed by atoms with van der Waals surface area (Å²) in [6.45, 7) is 0. The minimum Gasteiger partial charge on any atom is -0.481 e. The van der Waals surface area contributed by atoms with Gasteiger partial charge in [0.25, 0.3) is 5.91 Å². The van der Waals surface area contributed by atoms with Crippen LogP contribution in [-0.4, -0.2) is 45.2 Å². The number of nitrogens with zero attached hydrogens (tertiary/aromatic N) is 5. The number of benzene rings is 1. The summed E-state index contributed by atoms with van der Waals surface area (Å²) in [7, 11) is 2.81. The Labute approximate surface area is 194 Å². The molecule has 3 heterocycles. The van der Waals surface area contributed by atoms with Crippen LogP contribution < -0.4 is 19.5 Å². The van der Waals surface area contributed by atoms with Gasteiger partial charge in [0.05, 0.1) is 20.3 Å². The topological polar surface area (TPSA) is 134 Å². The third-order valence-electron chi connectivity index (χ3n) is 4.35. The summed E-state index contributed by atoms with van der Waals surface area (Å²) < 4.78 is 57.9. The Morgan fingerprint density at radius 1 is 1.00 bits per heavy atom. The molecule has 3 aromatic heterocycles. The first kappa shape index (κ1) is 23.4. The summed E-state index contributed by atoms with van der Waals surface area (Å²) >= 11 is 0. The summed E-state index contributed by atoms with van der Waals surface area (Å²) in [6, 6.07) is 10.1. The number of halogens is 3. The Balaban J connectivity index is 1.51. The number of rotatable bonds is 7. The Hall–Kier alpha value is -4.75. The second-order valence-corrected chi connectivity index (χ2v) is 6.65. The van der Waals surface area contributed by atoms with Crippen molar-refractivity contribution in [3.8, 4) is 35.0 Å². The maximum absolute atomic E-state index is 12.9. The highest BCUT2D eigenvalue weighted by Crippen LogP contribution is 2.30. The fourth-order valence-electron chi connectivity index (χ4n) is 2.73. The number of hydrogen-bond donors (Lipinski definition) is 1. The Morgan fingerprint density at radius 2 is 1.69 bits per heavy atom. The zero-order valence-electron chi connectivity index (χ0n) is 18.0. The molecule has 0 aliphatic carbocycles. The van der Waals surface area contributed by atoms with E-state index in [0.29, 0.717) is 5.69 Å². The van der Waals surface area contributed by atoms with Gasteiger partial charge in [-0.15, -0.1) is 0 Å². The van der Waals surface area contributed by atoms with Crippen LogP contribution in [0.4, 0.5) is 18.9 Å². The molecule has 0 fully saturated rings. The highest BCUT2D eigenvalue weighted by Gasteiger charge is 2.38. The fourth-order valence-corrected chi connectivity index (χ4v) is 2.73. The van der Waals surface area contributed by atoms with Crippen LogP contribution in [0.5, 0.6) is 23.7 Å². The lowest BCUT2D eigenvalue weighted by Gasteiger charge is -2.10. The van der Waals surface area contributed by atoms with Crippen molar-refractivity contribution in [1.29, 1.82) is 0 Å². The number of alkyl halides is 3. The van der Waals surface area contributed by atoms with E-state index in [2.05, 4.69) is 34.9 Å². The highest BCUT2D eigenvalue weighted by molar-refractivity contribution is 6.05. The molecule has 0 saturated heterocycles. The number of anilines is 1. The number of pyridine rings is 1. The molecule has 1 N–H and O–H groups in total. The van der Waals surface area contributed by atoms with E-state index in [1.807, 2.05) is 0 Å². The van der Waals surface area contributed by atoms with Gasteiger partial charge in [-0.25, -0.2) is 4.98 Å². The fraction of sp³-hybridized carbons (Fsp3) is 0.143. The van der Waals surface area contributed by atoms with Crippen molar-refractivity contribution in [3.05, 3.63) is 60.1 Å². The molecule has 0 saturated carbocycles. The van der Waals surface area contributed by atoms with Gasteiger partial charge >= 0.3 is 18.1 Å². The minimum absolute atomic E-state index is 0.0648. The van der Waals surface area contributed by atoms with Crippen LogP contribution in [0.25, 0.3) is 11.4 Å². The number of ether oxygens (including phenoxy) is 3. The third-order valence-corrected chi connectivity index (χ3v) is 4.35. The van der Waals surface area contributed by atoms with Crippen molar-refractivity contribution >= 4 is 11.6 Å². The van der Waals surface area contributed by atoms with Crippen LogP contribution in [0.2, 0.25) is 0 Å². The van der Waals surface area contributed by atoms with Gasteiger partial charge in [-0.3, -0.25) is 4.79 Å². The maximum atomic E-state index is 12.9. The van der Waals surface area contributed by atoms with Gasteiger partial charge in [-0.1, -0.05) is 5.16 Å². The molecule has 1 aromatic carbocycles. The summed E-state index contributed by atoms with van der Waals surface area (Å²) in [5, 5.41) is 5.96. The number of carbonyl (C=O) groups excluding carboxylic acids is 1. The first-order valence-corrected chi connectivity index (χ1v) is 9.69. The van der Waals surface area contributed by atoms with E-state index in [9.17, 15) is 18.0 Å². The first-order chi connectivity index (χ1) is 16.8. The van der Waals surface area contributed by atoms with Crippen LogP contribution in [0.15, 0.2) is 53.2 Å². The molecule has 4 rings (SSSR count). The Kier molecular flexibility index (Phi) is 6.44. The number of nitrogens with one attached hydrogen (secondary N) is 1. The maximum Gasteiger partial charge on any atom is 0.471 e. The van der Waals surface area contributed by atoms with Gasteiger partial charge in [-0.05, 0) is 36.4 Å². The quantitative estimate of drug-likeness (QED) is 0.407. The lowest BCUT2D eigenvalue weighted by atomic mass is 10.2. The smallest absolute Gasteiger partial charge is 0.471 e. The van der Waals surface area contributed by atoms with E-state index in [-0.39, 0.29) is 40.6 Å². The standard InChI is InChI=1S/C21H15F3N6O5/c1-32-14-10-15(33-2)28-20(27-14)34-18-13(4-3-9-25-18)17(31)26-12-7-5-11(6-8-12)16-29-19(35-30-16)21(22,23)24/h3-10H,1-2H3,(H,26,31). The van der Waals surface area contributed by atoms with Crippen molar-refractivity contribution in [2.24, 2.45) is 0 Å². The second kappa shape index (κ2) is 9.62. The molecule has 1 amide bonds. The SMILES string of the molecule is COc1cc(OC)nc(Oc2ncccc2C(=O)Nc2ccc(-c3noc(C(F)(F)F)n3)cc2)n1. The lowest BCUT2D eigenvalue weighted by Crippen LogP contribution is -2.14. The number of carbonyl (C=O) groups is 1. The minimum atomic E-state index is -4.75. The molecule has 0 radical (unpaired) electrons. The molecule has 0 unspecified atom stereocenters. The van der Waals surface area contributed by atoms with Gasteiger partial charge < -0.3 is 24.1 Å². The van der Waals surface area contributed by atoms with E-state index in [1.165, 1.54) is 62.9 Å². The largest absolute Gasteiger partial charge is 0.481 e. The molecule has 4 aromatic rings. The molecule has 0 atom stereocenters. The number of hydrogen-bond acceptors (Lipinski definition) is 10. The zero-order valence-corrected chi connectivity index (χ0v) is 18.0. The highest BCUT2D eigenvalue weighted by atomic mass is 19.4. The Bertz CT molecular complexity index is 1320. The van der Waals surface area contributed by atoms with Crippen molar-refractivity contribution in [3.63, 3.8) is 0 Å².